The van der Waals surface area contributed by atoms with Crippen LogP contribution >= 0.6 is 0 Å². The largest absolute Gasteiger partial charge is 0.481 e. The highest BCUT2D eigenvalue weighted by Gasteiger charge is 2.18. The van der Waals surface area contributed by atoms with Gasteiger partial charge in [-0.1, -0.05) is 25.1 Å². The summed E-state index contributed by atoms with van der Waals surface area (Å²) in [5.74, 6) is 1.47. The molecule has 0 unspecified atom stereocenters. The highest BCUT2D eigenvalue weighted by Crippen LogP contribution is 2.26. The molecule has 4 heteroatoms. The number of hydrogen-bond donors (Lipinski definition) is 1. The van der Waals surface area contributed by atoms with E-state index in [1.165, 1.54) is 42.5 Å². The van der Waals surface area contributed by atoms with Gasteiger partial charge in [-0.15, -0.1) is 0 Å². The zero-order valence-corrected chi connectivity index (χ0v) is 18.3. The third-order valence-corrected chi connectivity index (χ3v) is 6.43. The molecule has 4 rings (SSSR count). The maximum Gasteiger partial charge on any atom is 0.261 e. The lowest BCUT2D eigenvalue weighted by molar-refractivity contribution is -0.127. The van der Waals surface area contributed by atoms with E-state index in [2.05, 4.69) is 53.5 Å². The molecule has 0 saturated carbocycles. The maximum atomic E-state index is 12.5. The topological polar surface area (TPSA) is 41.6 Å². The fraction of sp³-hybridized carbons (Fsp3) is 0.500. The van der Waals surface area contributed by atoms with Gasteiger partial charge in [0.05, 0.1) is 0 Å². The molecule has 2 aromatic rings. The van der Waals surface area contributed by atoms with Crippen molar-refractivity contribution in [2.45, 2.75) is 65.0 Å². The molecule has 2 aliphatic rings. The number of nitrogens with zero attached hydrogens (tertiary/aromatic N) is 1. The summed E-state index contributed by atoms with van der Waals surface area (Å²) in [6.45, 7) is 6.93. The Morgan fingerprint density at radius 1 is 1.10 bits per heavy atom. The summed E-state index contributed by atoms with van der Waals surface area (Å²) in [4.78, 5) is 15.0. The van der Waals surface area contributed by atoms with E-state index in [1.807, 2.05) is 13.0 Å². The first-order valence-corrected chi connectivity index (χ1v) is 11.5. The Labute approximate surface area is 180 Å². The number of fused-ring (bicyclic) bond motifs is 1. The first-order chi connectivity index (χ1) is 14.6. The fourth-order valence-electron chi connectivity index (χ4n) is 4.62. The third-order valence-electron chi connectivity index (χ3n) is 6.43. The van der Waals surface area contributed by atoms with E-state index in [0.717, 1.165) is 43.2 Å². The monoisotopic (exact) mass is 406 g/mol. The summed E-state index contributed by atoms with van der Waals surface area (Å²) in [5, 5.41) is 3.01. The fourth-order valence-corrected chi connectivity index (χ4v) is 4.62. The molecule has 2 atom stereocenters. The molecule has 1 saturated heterocycles. The van der Waals surface area contributed by atoms with Crippen molar-refractivity contribution in [2.24, 2.45) is 5.92 Å². The predicted molar refractivity (Wildman–Crippen MR) is 122 cm³/mol. The minimum absolute atomic E-state index is 0.0818. The molecule has 0 bridgehead atoms. The first-order valence-electron chi connectivity index (χ1n) is 11.5. The lowest BCUT2D eigenvalue weighted by Gasteiger charge is -2.32. The predicted octanol–water partition coefficient (Wildman–Crippen LogP) is 4.89. The van der Waals surface area contributed by atoms with Crippen LogP contribution in [0.2, 0.25) is 0 Å². The van der Waals surface area contributed by atoms with E-state index in [-0.39, 0.29) is 5.91 Å². The van der Waals surface area contributed by atoms with Gasteiger partial charge < -0.3 is 15.0 Å². The van der Waals surface area contributed by atoms with Crippen LogP contribution in [0, 0.1) is 5.92 Å². The molecule has 4 nitrogen and oxygen atoms in total. The van der Waals surface area contributed by atoms with Gasteiger partial charge in [-0.2, -0.15) is 0 Å². The molecule has 2 aromatic carbocycles. The van der Waals surface area contributed by atoms with Crippen molar-refractivity contribution >= 4 is 11.6 Å². The van der Waals surface area contributed by atoms with Gasteiger partial charge >= 0.3 is 0 Å². The van der Waals surface area contributed by atoms with E-state index >= 15 is 0 Å². The summed E-state index contributed by atoms with van der Waals surface area (Å²) in [6.07, 6.45) is 6.85. The number of benzene rings is 2. The second-order valence-corrected chi connectivity index (χ2v) is 8.98. The highest BCUT2D eigenvalue weighted by molar-refractivity contribution is 5.80. The molecular weight excluding hydrogens is 372 g/mol. The molecule has 1 aliphatic heterocycles. The lowest BCUT2D eigenvalue weighted by Crippen LogP contribution is -2.36. The number of hydrogen-bond acceptors (Lipinski definition) is 3. The zero-order valence-electron chi connectivity index (χ0n) is 18.3. The molecular formula is C26H34N2O2. The van der Waals surface area contributed by atoms with E-state index in [1.54, 1.807) is 0 Å². The standard InChI is InChI=1S/C26H34N2O2/c1-19-6-5-15-28(18-19)24-12-9-21(10-13-24)17-27-26(29)20(2)30-25-14-11-22-7-3-4-8-23(22)16-25/h9-14,16,19-20H,3-8,15,17-18H2,1-2H3,(H,27,29)/t19-,20-/m1/s1. The molecule has 30 heavy (non-hydrogen) atoms. The molecule has 0 aromatic heterocycles. The number of ether oxygens (including phenoxy) is 1. The van der Waals surface area contributed by atoms with Gasteiger partial charge in [0, 0.05) is 25.3 Å². The van der Waals surface area contributed by atoms with Crippen LogP contribution in [0.5, 0.6) is 5.75 Å². The van der Waals surface area contributed by atoms with Gasteiger partial charge in [-0.05, 0) is 92.3 Å². The van der Waals surface area contributed by atoms with Gasteiger partial charge in [-0.25, -0.2) is 0 Å². The first kappa shape index (κ1) is 20.8. The Balaban J connectivity index is 1.27. The zero-order chi connectivity index (χ0) is 20.9. The van der Waals surface area contributed by atoms with Crippen molar-refractivity contribution in [3.8, 4) is 5.75 Å². The van der Waals surface area contributed by atoms with Gasteiger partial charge in [0.1, 0.15) is 5.75 Å². The van der Waals surface area contributed by atoms with Crippen molar-refractivity contribution in [3.63, 3.8) is 0 Å². The quantitative estimate of drug-likeness (QED) is 0.743. The van der Waals surface area contributed by atoms with Gasteiger partial charge in [0.15, 0.2) is 6.10 Å². The molecule has 0 radical (unpaired) electrons. The summed E-state index contributed by atoms with van der Waals surface area (Å²) in [5.41, 5.74) is 5.18. The number of carbonyl (C=O) groups excluding carboxylic acids is 1. The van der Waals surface area contributed by atoms with Crippen LogP contribution in [0.15, 0.2) is 42.5 Å². The van der Waals surface area contributed by atoms with Gasteiger partial charge in [0.2, 0.25) is 0 Å². The maximum absolute atomic E-state index is 12.5. The Bertz CT molecular complexity index is 862. The smallest absolute Gasteiger partial charge is 0.261 e. The highest BCUT2D eigenvalue weighted by atomic mass is 16.5. The van der Waals surface area contributed by atoms with E-state index in [9.17, 15) is 4.79 Å². The van der Waals surface area contributed by atoms with Gasteiger partial charge in [-0.3, -0.25) is 4.79 Å². The second kappa shape index (κ2) is 9.55. The number of anilines is 1. The minimum atomic E-state index is -0.513. The summed E-state index contributed by atoms with van der Waals surface area (Å²) >= 11 is 0. The van der Waals surface area contributed by atoms with Crippen LogP contribution in [0.3, 0.4) is 0 Å². The van der Waals surface area contributed by atoms with Crippen molar-refractivity contribution < 1.29 is 9.53 Å². The average molecular weight is 407 g/mol. The summed E-state index contributed by atoms with van der Waals surface area (Å²) in [6, 6.07) is 14.8. The number of carbonyl (C=O) groups is 1. The molecule has 160 valence electrons. The van der Waals surface area contributed by atoms with Crippen molar-refractivity contribution in [1.29, 1.82) is 0 Å². The summed E-state index contributed by atoms with van der Waals surface area (Å²) < 4.78 is 5.92. The Hall–Kier alpha value is -2.49. The minimum Gasteiger partial charge on any atom is -0.481 e. The van der Waals surface area contributed by atoms with Crippen LogP contribution in [0.25, 0.3) is 0 Å². The Morgan fingerprint density at radius 2 is 1.87 bits per heavy atom. The molecule has 1 amide bonds. The molecule has 0 spiro atoms. The number of nitrogens with one attached hydrogen (secondary N) is 1. The van der Waals surface area contributed by atoms with Crippen molar-refractivity contribution in [2.75, 3.05) is 18.0 Å². The number of rotatable bonds is 6. The number of amides is 1. The van der Waals surface area contributed by atoms with E-state index in [0.29, 0.717) is 6.54 Å². The molecule has 1 N–H and O–H groups in total. The van der Waals surface area contributed by atoms with E-state index in [4.69, 9.17) is 4.74 Å². The Morgan fingerprint density at radius 3 is 2.63 bits per heavy atom. The van der Waals surface area contributed by atoms with Crippen LogP contribution in [0.4, 0.5) is 5.69 Å². The normalized spacial score (nSPS) is 19.7. The van der Waals surface area contributed by atoms with Crippen molar-refractivity contribution in [1.82, 2.24) is 5.32 Å². The Kier molecular flexibility index (Phi) is 6.61. The van der Waals surface area contributed by atoms with Gasteiger partial charge in [0.25, 0.3) is 5.91 Å². The number of aryl methyl sites for hydroxylation is 2. The van der Waals surface area contributed by atoms with Crippen LogP contribution in [0.1, 0.15) is 56.2 Å². The summed E-state index contributed by atoms with van der Waals surface area (Å²) in [7, 11) is 0. The van der Waals surface area contributed by atoms with E-state index < -0.39 is 6.10 Å². The van der Waals surface area contributed by atoms with Crippen LogP contribution in [-0.4, -0.2) is 25.1 Å². The molecule has 1 fully saturated rings. The molecule has 1 heterocycles. The lowest BCUT2D eigenvalue weighted by atomic mass is 9.92. The second-order valence-electron chi connectivity index (χ2n) is 8.98. The molecule has 1 aliphatic carbocycles. The van der Waals surface area contributed by atoms with Crippen molar-refractivity contribution in [3.05, 3.63) is 59.2 Å². The SMILES string of the molecule is C[C@@H]1CCCN(c2ccc(CNC(=O)[C@@H](C)Oc3ccc4c(c3)CCCC4)cc2)C1. The third kappa shape index (κ3) is 5.16. The average Bonchev–Trinajstić information content (AvgIpc) is 2.77. The number of piperidine rings is 1. The van der Waals surface area contributed by atoms with Crippen LogP contribution < -0.4 is 15.0 Å². The van der Waals surface area contributed by atoms with Crippen LogP contribution in [-0.2, 0) is 24.2 Å².